The first-order valence-corrected chi connectivity index (χ1v) is 6.30. The first-order chi connectivity index (χ1) is 4.76. The Hall–Kier alpha value is 0.880. The summed E-state index contributed by atoms with van der Waals surface area (Å²) in [4.78, 5) is 0. The van der Waals surface area contributed by atoms with Gasteiger partial charge in [0.15, 0.2) is 0 Å². The molecule has 0 saturated carbocycles. The maximum absolute atomic E-state index is 12.0. The fourth-order valence-electron chi connectivity index (χ4n) is 0.192. The van der Waals surface area contributed by atoms with E-state index in [1.54, 1.807) is 0 Å². The zero-order chi connectivity index (χ0) is 10.4. The standard InChI is InChI=1S/C2Cl3F6P/c3-1(6,7)2(8,9)12(4,5,10)11. The molecule has 0 amide bonds. The normalized spacial score (nSPS) is 18.6. The third kappa shape index (κ3) is 2.22. The van der Waals surface area contributed by atoms with Gasteiger partial charge in [-0.2, -0.15) is 0 Å². The SMILES string of the molecule is FC(F)(Cl)C(F)(F)P(F)(F)(Cl)Cl. The van der Waals surface area contributed by atoms with Gasteiger partial charge in [-0.3, -0.25) is 0 Å². The van der Waals surface area contributed by atoms with Crippen molar-refractivity contribution in [3.05, 3.63) is 0 Å². The summed E-state index contributed by atoms with van der Waals surface area (Å²) in [5.41, 5.74) is -5.93. The number of alkyl halides is 5. The summed E-state index contributed by atoms with van der Waals surface area (Å²) in [5, 5.41) is -5.47. The number of hydrogen-bond donors (Lipinski definition) is 0. The summed E-state index contributed by atoms with van der Waals surface area (Å²) in [6.45, 7) is 0. The van der Waals surface area contributed by atoms with Crippen LogP contribution < -0.4 is 0 Å². The van der Waals surface area contributed by atoms with Crippen LogP contribution in [0.3, 0.4) is 0 Å². The van der Waals surface area contributed by atoms with Crippen molar-refractivity contribution in [3.63, 3.8) is 0 Å². The van der Waals surface area contributed by atoms with Crippen molar-refractivity contribution in [2.75, 3.05) is 0 Å². The molecule has 0 bridgehead atoms. The molecule has 0 aromatic heterocycles. The van der Waals surface area contributed by atoms with Crippen LogP contribution >= 0.6 is 40.0 Å². The van der Waals surface area contributed by atoms with E-state index in [0.717, 1.165) is 0 Å². The number of halogens is 9. The van der Waals surface area contributed by atoms with E-state index in [1.807, 2.05) is 0 Å². The van der Waals surface area contributed by atoms with Crippen LogP contribution in [-0.2, 0) is 0 Å². The molecule has 0 unspecified atom stereocenters. The van der Waals surface area contributed by atoms with Crippen LogP contribution in [0.25, 0.3) is 0 Å². The molecule has 0 nitrogen and oxygen atoms in total. The zero-order valence-corrected chi connectivity index (χ0v) is 8.01. The second-order valence-corrected chi connectivity index (χ2v) is 8.32. The Bertz CT molecular complexity index is 180. The van der Waals surface area contributed by atoms with Crippen molar-refractivity contribution in [1.82, 2.24) is 0 Å². The van der Waals surface area contributed by atoms with Gasteiger partial charge in [-0.1, -0.05) is 0 Å². The molecule has 76 valence electrons. The molecule has 0 spiro atoms. The summed E-state index contributed by atoms with van der Waals surface area (Å²) in [5.74, 6) is -7.76. The zero-order valence-electron chi connectivity index (χ0n) is 4.85. The van der Waals surface area contributed by atoms with Crippen LogP contribution in [0, 0.1) is 0 Å². The van der Waals surface area contributed by atoms with E-state index in [-0.39, 0.29) is 0 Å². The van der Waals surface area contributed by atoms with Gasteiger partial charge in [0.2, 0.25) is 0 Å². The monoisotopic (exact) mass is 274 g/mol. The summed E-state index contributed by atoms with van der Waals surface area (Å²) in [7, 11) is 0. The molecule has 0 fully saturated rings. The summed E-state index contributed by atoms with van der Waals surface area (Å²) < 4.78 is 71.3. The molecule has 0 aromatic rings. The Labute approximate surface area is 77.5 Å². The van der Waals surface area contributed by atoms with E-state index in [9.17, 15) is 26.0 Å². The van der Waals surface area contributed by atoms with Crippen LogP contribution in [0.15, 0.2) is 0 Å². The van der Waals surface area contributed by atoms with E-state index in [0.29, 0.717) is 0 Å². The van der Waals surface area contributed by atoms with Gasteiger partial charge in [0, 0.05) is 0 Å². The van der Waals surface area contributed by atoms with Gasteiger partial charge in [-0.05, 0) is 0 Å². The Balaban J connectivity index is 5.15. The first kappa shape index (κ1) is 12.9. The fraction of sp³-hybridized carbons (Fsp3) is 1.00. The molecule has 0 rings (SSSR count). The van der Waals surface area contributed by atoms with E-state index in [2.05, 4.69) is 34.1 Å². The van der Waals surface area contributed by atoms with Crippen LogP contribution in [0.5, 0.6) is 0 Å². The van der Waals surface area contributed by atoms with E-state index in [1.165, 1.54) is 0 Å². The fourth-order valence-corrected chi connectivity index (χ4v) is 1.92. The van der Waals surface area contributed by atoms with Crippen LogP contribution in [0.1, 0.15) is 0 Å². The topological polar surface area (TPSA) is 0 Å². The van der Waals surface area contributed by atoms with Gasteiger partial charge in [0.05, 0.1) is 0 Å². The number of hydrogen-bond acceptors (Lipinski definition) is 0. The quantitative estimate of drug-likeness (QED) is 0.376. The van der Waals surface area contributed by atoms with Gasteiger partial charge in [-0.25, -0.2) is 0 Å². The average molecular weight is 275 g/mol. The Kier molecular flexibility index (Phi) is 2.88. The molecule has 0 saturated heterocycles. The molecule has 0 aliphatic heterocycles. The molecule has 0 atom stereocenters. The molecule has 0 aliphatic carbocycles. The van der Waals surface area contributed by atoms with Crippen molar-refractivity contribution in [1.29, 1.82) is 0 Å². The van der Waals surface area contributed by atoms with Crippen molar-refractivity contribution >= 4 is 40.0 Å². The van der Waals surface area contributed by atoms with Gasteiger partial charge in [0.25, 0.3) is 0 Å². The second-order valence-electron chi connectivity index (χ2n) is 1.76. The molecular weight excluding hydrogens is 275 g/mol. The van der Waals surface area contributed by atoms with E-state index < -0.39 is 17.0 Å². The minimum absolute atomic E-state index is 3.70. The summed E-state index contributed by atoms with van der Waals surface area (Å²) in [6.07, 6.45) is 0. The van der Waals surface area contributed by atoms with Crippen molar-refractivity contribution in [3.8, 4) is 0 Å². The molecule has 12 heavy (non-hydrogen) atoms. The van der Waals surface area contributed by atoms with Crippen molar-refractivity contribution in [2.24, 2.45) is 0 Å². The van der Waals surface area contributed by atoms with E-state index >= 15 is 0 Å². The van der Waals surface area contributed by atoms with Gasteiger partial charge in [0.1, 0.15) is 0 Å². The van der Waals surface area contributed by atoms with Crippen LogP contribution in [-0.4, -0.2) is 11.0 Å². The average Bonchev–Trinajstić information content (AvgIpc) is 1.55. The van der Waals surface area contributed by atoms with Crippen LogP contribution in [0.2, 0.25) is 0 Å². The van der Waals surface area contributed by atoms with Gasteiger partial charge >= 0.3 is 77.0 Å². The molecule has 0 aromatic carbocycles. The molecular formula is C2Cl3F6P. The summed E-state index contributed by atoms with van der Waals surface area (Å²) in [6, 6.07) is 0. The molecule has 0 aliphatic rings. The molecule has 0 heterocycles. The maximum atomic E-state index is 12.0. The Morgan fingerprint density at radius 1 is 0.917 bits per heavy atom. The van der Waals surface area contributed by atoms with Crippen LogP contribution in [0.4, 0.5) is 26.0 Å². The van der Waals surface area contributed by atoms with Crippen molar-refractivity contribution < 1.29 is 26.0 Å². The third-order valence-electron chi connectivity index (χ3n) is 0.766. The molecule has 0 radical (unpaired) electrons. The predicted molar refractivity (Wildman–Crippen MR) is 36.6 cm³/mol. The Morgan fingerprint density at radius 2 is 1.17 bits per heavy atom. The molecule has 0 N–H and O–H groups in total. The number of rotatable bonds is 2. The third-order valence-corrected chi connectivity index (χ3v) is 3.54. The second kappa shape index (κ2) is 2.69. The predicted octanol–water partition coefficient (Wildman–Crippen LogP) is 5.04. The van der Waals surface area contributed by atoms with Crippen molar-refractivity contribution in [2.45, 2.75) is 11.0 Å². The van der Waals surface area contributed by atoms with Gasteiger partial charge < -0.3 is 0 Å². The minimum atomic E-state index is -7.76. The first-order valence-electron chi connectivity index (χ1n) is 2.09. The summed E-state index contributed by atoms with van der Waals surface area (Å²) >= 11 is 11.3. The molecule has 10 heteroatoms. The Morgan fingerprint density at radius 3 is 1.17 bits per heavy atom. The van der Waals surface area contributed by atoms with E-state index in [4.69, 9.17) is 0 Å². The van der Waals surface area contributed by atoms with Gasteiger partial charge in [-0.15, -0.1) is 0 Å².